The van der Waals surface area contributed by atoms with Crippen molar-refractivity contribution in [3.8, 4) is 0 Å². The monoisotopic (exact) mass is 286 g/mol. The van der Waals surface area contributed by atoms with E-state index >= 15 is 0 Å². The molecule has 8 heteroatoms. The average molecular weight is 286 g/mol. The predicted octanol–water partition coefficient (Wildman–Crippen LogP) is 1.52. The SMILES string of the molecule is O=C1CN(C(=O)c2ccc([N+](=O)[O-])[nH]2)c2ccccc2N1. The van der Waals surface area contributed by atoms with Gasteiger partial charge in [-0.2, -0.15) is 0 Å². The smallest absolute Gasteiger partial charge is 0.321 e. The summed E-state index contributed by atoms with van der Waals surface area (Å²) >= 11 is 0. The van der Waals surface area contributed by atoms with Gasteiger partial charge in [0.1, 0.15) is 6.54 Å². The number of hydrogen-bond acceptors (Lipinski definition) is 4. The maximum absolute atomic E-state index is 12.4. The zero-order valence-electron chi connectivity index (χ0n) is 10.7. The number of anilines is 2. The van der Waals surface area contributed by atoms with E-state index in [0.717, 1.165) is 0 Å². The van der Waals surface area contributed by atoms with Gasteiger partial charge < -0.3 is 15.4 Å². The lowest BCUT2D eigenvalue weighted by molar-refractivity contribution is -0.389. The molecule has 1 aliphatic heterocycles. The van der Waals surface area contributed by atoms with E-state index < -0.39 is 10.8 Å². The molecule has 21 heavy (non-hydrogen) atoms. The highest BCUT2D eigenvalue weighted by molar-refractivity contribution is 6.14. The van der Waals surface area contributed by atoms with Crippen LogP contribution in [0.25, 0.3) is 0 Å². The molecular weight excluding hydrogens is 276 g/mol. The van der Waals surface area contributed by atoms with Gasteiger partial charge in [-0.05, 0) is 23.1 Å². The van der Waals surface area contributed by atoms with Gasteiger partial charge in [0.25, 0.3) is 5.91 Å². The molecule has 2 N–H and O–H groups in total. The average Bonchev–Trinajstić information content (AvgIpc) is 2.95. The molecule has 0 unspecified atom stereocenters. The summed E-state index contributed by atoms with van der Waals surface area (Å²) in [6, 6.07) is 9.41. The Morgan fingerprint density at radius 1 is 1.24 bits per heavy atom. The van der Waals surface area contributed by atoms with Crippen LogP contribution in [0.3, 0.4) is 0 Å². The number of nitrogens with one attached hydrogen (secondary N) is 2. The number of fused-ring (bicyclic) bond motifs is 1. The maximum atomic E-state index is 12.4. The number of aromatic nitrogens is 1. The highest BCUT2D eigenvalue weighted by atomic mass is 16.6. The number of para-hydroxylation sites is 2. The van der Waals surface area contributed by atoms with Crippen LogP contribution in [0.5, 0.6) is 0 Å². The summed E-state index contributed by atoms with van der Waals surface area (Å²) in [4.78, 5) is 37.8. The fourth-order valence-corrected chi connectivity index (χ4v) is 2.17. The Morgan fingerprint density at radius 3 is 2.71 bits per heavy atom. The molecule has 0 radical (unpaired) electrons. The quantitative estimate of drug-likeness (QED) is 0.644. The van der Waals surface area contributed by atoms with Crippen LogP contribution in [0.2, 0.25) is 0 Å². The number of aromatic amines is 1. The molecule has 3 rings (SSSR count). The van der Waals surface area contributed by atoms with Crippen LogP contribution in [-0.4, -0.2) is 28.3 Å². The minimum atomic E-state index is -0.617. The predicted molar refractivity (Wildman–Crippen MR) is 74.2 cm³/mol. The van der Waals surface area contributed by atoms with Gasteiger partial charge in [0, 0.05) is 6.07 Å². The van der Waals surface area contributed by atoms with Gasteiger partial charge in [-0.1, -0.05) is 12.1 Å². The first kappa shape index (κ1) is 12.9. The molecule has 2 aromatic rings. The molecule has 8 nitrogen and oxygen atoms in total. The third kappa shape index (κ3) is 2.22. The van der Waals surface area contributed by atoms with Gasteiger partial charge >= 0.3 is 5.82 Å². The highest BCUT2D eigenvalue weighted by Gasteiger charge is 2.29. The van der Waals surface area contributed by atoms with E-state index in [1.165, 1.54) is 17.0 Å². The molecule has 1 aromatic carbocycles. The number of rotatable bonds is 2. The summed E-state index contributed by atoms with van der Waals surface area (Å²) in [5.41, 5.74) is 1.15. The Hall–Kier alpha value is -3.16. The van der Waals surface area contributed by atoms with Crippen molar-refractivity contribution < 1.29 is 14.5 Å². The Kier molecular flexibility index (Phi) is 2.90. The third-order valence-corrected chi connectivity index (χ3v) is 3.11. The molecule has 0 saturated carbocycles. The number of hydrogen-bond donors (Lipinski definition) is 2. The molecule has 2 amide bonds. The van der Waals surface area contributed by atoms with E-state index in [1.807, 2.05) is 0 Å². The van der Waals surface area contributed by atoms with E-state index in [0.29, 0.717) is 11.4 Å². The molecule has 0 bridgehead atoms. The van der Waals surface area contributed by atoms with Crippen LogP contribution in [0.15, 0.2) is 36.4 Å². The van der Waals surface area contributed by atoms with Gasteiger partial charge in [-0.25, -0.2) is 4.98 Å². The van der Waals surface area contributed by atoms with Crippen molar-refractivity contribution in [1.82, 2.24) is 4.98 Å². The van der Waals surface area contributed by atoms with Crippen molar-refractivity contribution in [3.05, 3.63) is 52.2 Å². The van der Waals surface area contributed by atoms with Gasteiger partial charge in [0.15, 0.2) is 5.69 Å². The Balaban J connectivity index is 1.97. The lowest BCUT2D eigenvalue weighted by atomic mass is 10.2. The number of amides is 2. The molecular formula is C13H10N4O4. The number of H-pyrrole nitrogens is 1. The van der Waals surface area contributed by atoms with Crippen LogP contribution < -0.4 is 10.2 Å². The number of carbonyl (C=O) groups is 2. The number of carbonyl (C=O) groups excluding carboxylic acids is 2. The summed E-state index contributed by atoms with van der Waals surface area (Å²) in [5, 5.41) is 13.3. The summed E-state index contributed by atoms with van der Waals surface area (Å²) in [6.45, 7) is -0.136. The molecule has 0 aliphatic carbocycles. The van der Waals surface area contributed by atoms with Crippen molar-refractivity contribution in [2.45, 2.75) is 0 Å². The number of nitro groups is 1. The largest absolute Gasteiger partial charge is 0.358 e. The Morgan fingerprint density at radius 2 is 2.00 bits per heavy atom. The second-order valence-electron chi connectivity index (χ2n) is 4.47. The first-order valence-electron chi connectivity index (χ1n) is 6.10. The van der Waals surface area contributed by atoms with E-state index in [2.05, 4.69) is 10.3 Å². The molecule has 1 aliphatic rings. The topological polar surface area (TPSA) is 108 Å². The van der Waals surface area contributed by atoms with Crippen molar-refractivity contribution in [1.29, 1.82) is 0 Å². The summed E-state index contributed by atoms with van der Waals surface area (Å²) in [5.74, 6) is -1.08. The molecule has 106 valence electrons. The van der Waals surface area contributed by atoms with Gasteiger partial charge in [-0.15, -0.1) is 0 Å². The fraction of sp³-hybridized carbons (Fsp3) is 0.0769. The van der Waals surface area contributed by atoms with Crippen molar-refractivity contribution in [2.24, 2.45) is 0 Å². The summed E-state index contributed by atoms with van der Waals surface area (Å²) in [6.07, 6.45) is 0. The van der Waals surface area contributed by atoms with Crippen molar-refractivity contribution in [3.63, 3.8) is 0 Å². The fourth-order valence-electron chi connectivity index (χ4n) is 2.17. The molecule has 0 atom stereocenters. The number of nitrogens with zero attached hydrogens (tertiary/aromatic N) is 2. The van der Waals surface area contributed by atoms with E-state index in [9.17, 15) is 19.7 Å². The van der Waals surface area contributed by atoms with Crippen LogP contribution in [-0.2, 0) is 4.79 Å². The van der Waals surface area contributed by atoms with Gasteiger partial charge in [0.05, 0.1) is 11.4 Å². The standard InChI is InChI=1S/C13H10N4O4/c18-12-7-16(10-4-2-1-3-8(10)15-12)13(19)9-5-6-11(14-9)17(20)21/h1-6,14H,7H2,(H,15,18). The van der Waals surface area contributed by atoms with E-state index in [1.54, 1.807) is 24.3 Å². The molecule has 0 fully saturated rings. The first-order valence-corrected chi connectivity index (χ1v) is 6.10. The third-order valence-electron chi connectivity index (χ3n) is 3.11. The zero-order chi connectivity index (χ0) is 15.0. The minimum Gasteiger partial charge on any atom is -0.358 e. The minimum absolute atomic E-state index is 0.0613. The molecule has 0 spiro atoms. The highest BCUT2D eigenvalue weighted by Crippen LogP contribution is 2.30. The summed E-state index contributed by atoms with van der Waals surface area (Å²) in [7, 11) is 0. The second-order valence-corrected chi connectivity index (χ2v) is 4.47. The molecule has 0 saturated heterocycles. The maximum Gasteiger partial charge on any atom is 0.321 e. The first-order chi connectivity index (χ1) is 10.1. The van der Waals surface area contributed by atoms with Crippen LogP contribution in [0, 0.1) is 10.1 Å². The number of benzene rings is 1. The van der Waals surface area contributed by atoms with Crippen LogP contribution >= 0.6 is 0 Å². The summed E-state index contributed by atoms with van der Waals surface area (Å²) < 4.78 is 0. The van der Waals surface area contributed by atoms with Gasteiger partial charge in [-0.3, -0.25) is 14.5 Å². The Bertz CT molecular complexity index is 752. The lowest BCUT2D eigenvalue weighted by Gasteiger charge is -2.28. The van der Waals surface area contributed by atoms with E-state index in [4.69, 9.17) is 0 Å². The van der Waals surface area contributed by atoms with E-state index in [-0.39, 0.29) is 24.0 Å². The van der Waals surface area contributed by atoms with Crippen LogP contribution in [0.4, 0.5) is 17.2 Å². The second kappa shape index (κ2) is 4.75. The molecule has 1 aromatic heterocycles. The molecule has 2 heterocycles. The normalized spacial score (nSPS) is 13.5. The van der Waals surface area contributed by atoms with Gasteiger partial charge in [0.2, 0.25) is 5.91 Å². The zero-order valence-corrected chi connectivity index (χ0v) is 10.7. The van der Waals surface area contributed by atoms with Crippen LogP contribution in [0.1, 0.15) is 10.5 Å². The lowest BCUT2D eigenvalue weighted by Crippen LogP contribution is -2.42. The van der Waals surface area contributed by atoms with Crippen molar-refractivity contribution >= 4 is 29.0 Å². The van der Waals surface area contributed by atoms with Crippen molar-refractivity contribution in [2.75, 3.05) is 16.8 Å². The Labute approximate surface area is 118 Å².